The molecule has 2 saturated heterocycles. The van der Waals surface area contributed by atoms with Gasteiger partial charge in [-0.1, -0.05) is 6.92 Å². The summed E-state index contributed by atoms with van der Waals surface area (Å²) in [6.45, 7) is 5.32. The second-order valence-electron chi connectivity index (χ2n) is 5.13. The second kappa shape index (κ2) is 7.93. The van der Waals surface area contributed by atoms with Gasteiger partial charge in [-0.3, -0.25) is 9.59 Å². The number of carboxylic acid groups (broad SMARTS) is 2. The third kappa shape index (κ3) is 5.10. The Labute approximate surface area is 132 Å². The molecule has 2 N–H and O–H groups in total. The van der Waals surface area contributed by atoms with Crippen LogP contribution in [0.2, 0.25) is 0 Å². The topological polar surface area (TPSA) is 94.9 Å². The first-order valence-electron chi connectivity index (χ1n) is 6.71. The maximum Gasteiger partial charge on any atom is 0.327 e. The van der Waals surface area contributed by atoms with Crippen LogP contribution in [0.4, 0.5) is 0 Å². The third-order valence-corrected chi connectivity index (χ3v) is 5.99. The number of rotatable bonds is 2. The van der Waals surface area contributed by atoms with Crippen LogP contribution in [0.3, 0.4) is 0 Å². The average Bonchev–Trinajstić information content (AvgIpc) is 2.96. The van der Waals surface area contributed by atoms with Gasteiger partial charge in [0.05, 0.1) is 11.3 Å². The first-order chi connectivity index (χ1) is 9.73. The Morgan fingerprint density at radius 3 is 1.95 bits per heavy atom. The molecule has 0 aromatic rings. The molecule has 0 radical (unpaired) electrons. The molecule has 2 fully saturated rings. The van der Waals surface area contributed by atoms with E-state index in [2.05, 4.69) is 6.92 Å². The summed E-state index contributed by atoms with van der Waals surface area (Å²) >= 11 is 3.25. The lowest BCUT2D eigenvalue weighted by molar-refractivity contribution is -0.148. The van der Waals surface area contributed by atoms with Crippen molar-refractivity contribution >= 4 is 41.4 Å². The van der Waals surface area contributed by atoms with Crippen LogP contribution in [-0.2, 0) is 14.4 Å². The van der Waals surface area contributed by atoms with Gasteiger partial charge in [0.15, 0.2) is 0 Å². The molecule has 6 nitrogen and oxygen atoms in total. The molecule has 4 atom stereocenters. The summed E-state index contributed by atoms with van der Waals surface area (Å²) in [5.41, 5.74) is 0. The first-order valence-corrected chi connectivity index (χ1v) is 8.81. The van der Waals surface area contributed by atoms with E-state index in [1.54, 1.807) is 11.8 Å². The standard InChI is InChI=1S/C7H11NO3S.C6H10O2S/c1-4(9)8-5(2)12-3-6(8)7(10)11;1-4-2-5(3-9-4)6(7)8/h5-6H,3H2,1-2H3,(H,10,11);4-5H,2-3H2,1H3,(H,7,8). The van der Waals surface area contributed by atoms with E-state index in [-0.39, 0.29) is 17.2 Å². The molecule has 0 saturated carbocycles. The van der Waals surface area contributed by atoms with Gasteiger partial charge in [0, 0.05) is 23.7 Å². The number of thioether (sulfide) groups is 2. The van der Waals surface area contributed by atoms with Gasteiger partial charge in [-0.25, -0.2) is 4.79 Å². The van der Waals surface area contributed by atoms with Crippen LogP contribution in [0.5, 0.6) is 0 Å². The highest BCUT2D eigenvalue weighted by molar-refractivity contribution is 8.00. The van der Waals surface area contributed by atoms with E-state index in [0.29, 0.717) is 11.0 Å². The third-order valence-electron chi connectivity index (χ3n) is 3.42. The molecule has 21 heavy (non-hydrogen) atoms. The summed E-state index contributed by atoms with van der Waals surface area (Å²) in [7, 11) is 0. The highest BCUT2D eigenvalue weighted by Crippen LogP contribution is 2.30. The van der Waals surface area contributed by atoms with Gasteiger partial charge in [0.2, 0.25) is 5.91 Å². The predicted molar refractivity (Wildman–Crippen MR) is 83.5 cm³/mol. The number of aliphatic carboxylic acids is 2. The zero-order valence-electron chi connectivity index (χ0n) is 12.3. The van der Waals surface area contributed by atoms with Gasteiger partial charge in [0.25, 0.3) is 0 Å². The quantitative estimate of drug-likeness (QED) is 0.791. The molecule has 2 heterocycles. The van der Waals surface area contributed by atoms with Crippen LogP contribution >= 0.6 is 23.5 Å². The van der Waals surface area contributed by atoms with Gasteiger partial charge in [0.1, 0.15) is 6.04 Å². The van der Waals surface area contributed by atoms with E-state index >= 15 is 0 Å². The smallest absolute Gasteiger partial charge is 0.327 e. The molecule has 0 spiro atoms. The summed E-state index contributed by atoms with van der Waals surface area (Å²) in [6.07, 6.45) is 0.847. The van der Waals surface area contributed by atoms with E-state index in [4.69, 9.17) is 10.2 Å². The number of carboxylic acids is 2. The fraction of sp³-hybridized carbons (Fsp3) is 0.769. The fourth-order valence-electron chi connectivity index (χ4n) is 2.30. The van der Waals surface area contributed by atoms with Gasteiger partial charge >= 0.3 is 11.9 Å². The maximum absolute atomic E-state index is 11.0. The van der Waals surface area contributed by atoms with Gasteiger partial charge in [-0.05, 0) is 13.3 Å². The number of hydrogen-bond acceptors (Lipinski definition) is 5. The molecule has 2 aliphatic rings. The summed E-state index contributed by atoms with van der Waals surface area (Å²) in [5.74, 6) is -0.495. The van der Waals surface area contributed by atoms with Crippen molar-refractivity contribution in [3.05, 3.63) is 0 Å². The minimum atomic E-state index is -0.915. The maximum atomic E-state index is 11.0. The molecule has 8 heteroatoms. The molecule has 4 unspecified atom stereocenters. The number of carbonyl (C=O) groups is 3. The normalized spacial score (nSPS) is 31.5. The lowest BCUT2D eigenvalue weighted by atomic mass is 10.1. The predicted octanol–water partition coefficient (Wildman–Crippen LogP) is 1.59. The van der Waals surface area contributed by atoms with Crippen molar-refractivity contribution < 1.29 is 24.6 Å². The molecule has 0 aromatic carbocycles. The van der Waals surface area contributed by atoms with Crippen LogP contribution in [0, 0.1) is 5.92 Å². The lowest BCUT2D eigenvalue weighted by Gasteiger charge is -2.22. The Balaban J connectivity index is 0.000000219. The van der Waals surface area contributed by atoms with Crippen molar-refractivity contribution in [2.45, 2.75) is 43.9 Å². The minimum absolute atomic E-state index is 0.0106. The molecular formula is C13H21NO5S2. The van der Waals surface area contributed by atoms with Crippen LogP contribution in [0.15, 0.2) is 0 Å². The molecule has 0 aliphatic carbocycles. The molecule has 2 aliphatic heterocycles. The fourth-order valence-corrected chi connectivity index (χ4v) is 4.73. The van der Waals surface area contributed by atoms with Crippen molar-refractivity contribution in [3.63, 3.8) is 0 Å². The van der Waals surface area contributed by atoms with Gasteiger partial charge in [-0.2, -0.15) is 11.8 Å². The average molecular weight is 335 g/mol. The Morgan fingerprint density at radius 1 is 1.05 bits per heavy atom. The molecule has 0 bridgehead atoms. The monoisotopic (exact) mass is 335 g/mol. The molecule has 2 rings (SSSR count). The van der Waals surface area contributed by atoms with E-state index in [1.165, 1.54) is 23.6 Å². The van der Waals surface area contributed by atoms with E-state index in [9.17, 15) is 14.4 Å². The number of nitrogens with zero attached hydrogens (tertiary/aromatic N) is 1. The van der Waals surface area contributed by atoms with Crippen LogP contribution < -0.4 is 0 Å². The zero-order chi connectivity index (χ0) is 16.2. The second-order valence-corrected chi connectivity index (χ2v) is 7.95. The zero-order valence-corrected chi connectivity index (χ0v) is 13.9. The number of hydrogen-bond donors (Lipinski definition) is 2. The van der Waals surface area contributed by atoms with E-state index in [1.807, 2.05) is 6.92 Å². The Morgan fingerprint density at radius 2 is 1.67 bits per heavy atom. The number of carbonyl (C=O) groups excluding carboxylic acids is 1. The summed E-state index contributed by atoms with van der Waals surface area (Å²) in [6, 6.07) is -0.637. The van der Waals surface area contributed by atoms with Crippen molar-refractivity contribution in [1.82, 2.24) is 4.90 Å². The molecular weight excluding hydrogens is 314 g/mol. The Bertz CT molecular complexity index is 417. The summed E-state index contributed by atoms with van der Waals surface area (Å²) in [5, 5.41) is 17.8. The van der Waals surface area contributed by atoms with Crippen LogP contribution in [-0.4, -0.2) is 61.1 Å². The lowest BCUT2D eigenvalue weighted by Crippen LogP contribution is -2.43. The molecule has 120 valence electrons. The van der Waals surface area contributed by atoms with Crippen molar-refractivity contribution in [2.24, 2.45) is 5.92 Å². The largest absolute Gasteiger partial charge is 0.481 e. The van der Waals surface area contributed by atoms with Crippen molar-refractivity contribution in [1.29, 1.82) is 0 Å². The molecule has 0 aromatic heterocycles. The highest BCUT2D eigenvalue weighted by atomic mass is 32.2. The number of amides is 1. The van der Waals surface area contributed by atoms with E-state index < -0.39 is 18.0 Å². The summed E-state index contributed by atoms with van der Waals surface area (Å²) < 4.78 is 0. The molecule has 1 amide bonds. The van der Waals surface area contributed by atoms with Crippen molar-refractivity contribution in [3.8, 4) is 0 Å². The van der Waals surface area contributed by atoms with Crippen molar-refractivity contribution in [2.75, 3.05) is 11.5 Å². The minimum Gasteiger partial charge on any atom is -0.481 e. The first kappa shape index (κ1) is 18.2. The highest BCUT2D eigenvalue weighted by Gasteiger charge is 2.37. The van der Waals surface area contributed by atoms with Gasteiger partial charge < -0.3 is 15.1 Å². The SMILES string of the molecule is CC(=O)N1C(C)SCC1C(=O)O.CC1CC(C(=O)O)CS1. The van der Waals surface area contributed by atoms with E-state index in [0.717, 1.165) is 12.2 Å². The van der Waals surface area contributed by atoms with Gasteiger partial charge in [-0.15, -0.1) is 11.8 Å². The Hall–Kier alpha value is -0.890. The van der Waals surface area contributed by atoms with Crippen LogP contribution in [0.1, 0.15) is 27.2 Å². The van der Waals surface area contributed by atoms with Crippen LogP contribution in [0.25, 0.3) is 0 Å². The Kier molecular flexibility index (Phi) is 6.86. The summed E-state index contributed by atoms with van der Waals surface area (Å²) in [4.78, 5) is 33.4.